The van der Waals surface area contributed by atoms with Gasteiger partial charge in [-0.25, -0.2) is 0 Å². The Morgan fingerprint density at radius 3 is 2.71 bits per heavy atom. The molecule has 0 aliphatic heterocycles. The zero-order valence-corrected chi connectivity index (χ0v) is 9.51. The summed E-state index contributed by atoms with van der Waals surface area (Å²) in [7, 11) is 0. The number of rotatable bonds is 6. The first kappa shape index (κ1) is 13.0. The highest BCUT2D eigenvalue weighted by Gasteiger charge is 2.08. The number of nitrogens with zero attached hydrogens (tertiary/aromatic N) is 1. The lowest BCUT2D eigenvalue weighted by Crippen LogP contribution is -2.33. The lowest BCUT2D eigenvalue weighted by atomic mass is 10.2. The van der Waals surface area contributed by atoms with E-state index in [1.165, 1.54) is 0 Å². The zero-order chi connectivity index (χ0) is 12.7. The van der Waals surface area contributed by atoms with Crippen LogP contribution in [0.4, 0.5) is 0 Å². The summed E-state index contributed by atoms with van der Waals surface area (Å²) < 4.78 is 5.10. The third kappa shape index (κ3) is 4.53. The van der Waals surface area contributed by atoms with Crippen molar-refractivity contribution in [3.05, 3.63) is 29.8 Å². The van der Waals surface area contributed by atoms with Crippen molar-refractivity contribution in [3.63, 3.8) is 0 Å². The molecule has 0 saturated heterocycles. The van der Waals surface area contributed by atoms with Crippen LogP contribution in [0.15, 0.2) is 24.3 Å². The first-order chi connectivity index (χ1) is 8.13. The summed E-state index contributed by atoms with van der Waals surface area (Å²) in [6.45, 7) is 2.09. The number of nitrogens with one attached hydrogen (secondary N) is 1. The van der Waals surface area contributed by atoms with Crippen LogP contribution in [0, 0.1) is 11.3 Å². The van der Waals surface area contributed by atoms with E-state index in [1.807, 2.05) is 18.2 Å². The predicted octanol–water partition coefficient (Wildman–Crippen LogP) is 1.15. The molecule has 17 heavy (non-hydrogen) atoms. The number of nitriles is 1. The van der Waals surface area contributed by atoms with Crippen molar-refractivity contribution in [3.8, 4) is 11.8 Å². The first-order valence-electron chi connectivity index (χ1n) is 5.18. The molecule has 1 aromatic rings. The van der Waals surface area contributed by atoms with Crippen molar-refractivity contribution in [1.82, 2.24) is 5.32 Å². The van der Waals surface area contributed by atoms with Crippen LogP contribution < -0.4 is 10.1 Å². The first-order valence-corrected chi connectivity index (χ1v) is 5.18. The molecule has 0 fully saturated rings. The van der Waals surface area contributed by atoms with Crippen molar-refractivity contribution >= 4 is 5.97 Å². The molecule has 0 saturated carbocycles. The van der Waals surface area contributed by atoms with Gasteiger partial charge in [0.1, 0.15) is 17.9 Å². The van der Waals surface area contributed by atoms with Gasteiger partial charge in [-0.05, 0) is 24.6 Å². The van der Waals surface area contributed by atoms with Gasteiger partial charge in [-0.3, -0.25) is 4.79 Å². The minimum atomic E-state index is -0.876. The van der Waals surface area contributed by atoms with E-state index < -0.39 is 12.0 Å². The number of carboxylic acids is 1. The molecule has 0 bridgehead atoms. The van der Waals surface area contributed by atoms with Crippen molar-refractivity contribution in [2.24, 2.45) is 0 Å². The SMILES string of the molecule is CC(NCc1ccc(OCC#N)cc1)C(=O)O. The van der Waals surface area contributed by atoms with Gasteiger partial charge < -0.3 is 15.2 Å². The summed E-state index contributed by atoms with van der Waals surface area (Å²) in [4.78, 5) is 10.6. The van der Waals surface area contributed by atoms with Crippen LogP contribution in [-0.2, 0) is 11.3 Å². The maximum atomic E-state index is 10.6. The van der Waals surface area contributed by atoms with Crippen LogP contribution in [0.1, 0.15) is 12.5 Å². The summed E-state index contributed by atoms with van der Waals surface area (Å²) in [5.74, 6) is -0.249. The largest absolute Gasteiger partial charge is 0.480 e. The van der Waals surface area contributed by atoms with E-state index in [0.717, 1.165) is 5.56 Å². The predicted molar refractivity (Wildman–Crippen MR) is 61.5 cm³/mol. The summed E-state index contributed by atoms with van der Waals surface area (Å²) in [6.07, 6.45) is 0. The number of carbonyl (C=O) groups is 1. The monoisotopic (exact) mass is 234 g/mol. The second-order valence-corrected chi connectivity index (χ2v) is 3.53. The maximum absolute atomic E-state index is 10.6. The maximum Gasteiger partial charge on any atom is 0.320 e. The fourth-order valence-corrected chi connectivity index (χ4v) is 1.18. The van der Waals surface area contributed by atoms with Crippen LogP contribution in [0.3, 0.4) is 0 Å². The fourth-order valence-electron chi connectivity index (χ4n) is 1.18. The highest BCUT2D eigenvalue weighted by molar-refractivity contribution is 5.72. The number of ether oxygens (including phenoxy) is 1. The van der Waals surface area contributed by atoms with Gasteiger partial charge in [-0.2, -0.15) is 5.26 Å². The average Bonchev–Trinajstić information content (AvgIpc) is 2.34. The quantitative estimate of drug-likeness (QED) is 0.771. The van der Waals surface area contributed by atoms with E-state index in [9.17, 15) is 4.79 Å². The van der Waals surface area contributed by atoms with Crippen molar-refractivity contribution in [2.75, 3.05) is 6.61 Å². The third-order valence-electron chi connectivity index (χ3n) is 2.21. The highest BCUT2D eigenvalue weighted by Crippen LogP contribution is 2.11. The van der Waals surface area contributed by atoms with E-state index in [0.29, 0.717) is 12.3 Å². The lowest BCUT2D eigenvalue weighted by Gasteiger charge is -2.09. The molecule has 0 aliphatic rings. The van der Waals surface area contributed by atoms with Crippen LogP contribution in [-0.4, -0.2) is 23.7 Å². The molecule has 0 aromatic heterocycles. The molecule has 1 rings (SSSR count). The molecule has 0 spiro atoms. The molecular formula is C12H14N2O3. The number of benzene rings is 1. The third-order valence-corrected chi connectivity index (χ3v) is 2.21. The zero-order valence-electron chi connectivity index (χ0n) is 9.51. The molecule has 0 radical (unpaired) electrons. The van der Waals surface area contributed by atoms with E-state index in [-0.39, 0.29) is 6.61 Å². The Bertz CT molecular complexity index is 409. The second-order valence-electron chi connectivity index (χ2n) is 3.53. The van der Waals surface area contributed by atoms with Gasteiger partial charge in [0.05, 0.1) is 0 Å². The molecule has 90 valence electrons. The Morgan fingerprint density at radius 2 is 2.18 bits per heavy atom. The van der Waals surface area contributed by atoms with Gasteiger partial charge in [-0.1, -0.05) is 12.1 Å². The van der Waals surface area contributed by atoms with Crippen LogP contribution in [0.25, 0.3) is 0 Å². The van der Waals surface area contributed by atoms with Gasteiger partial charge in [0.2, 0.25) is 0 Å². The van der Waals surface area contributed by atoms with Gasteiger partial charge in [0.25, 0.3) is 0 Å². The van der Waals surface area contributed by atoms with Crippen LogP contribution >= 0.6 is 0 Å². The molecule has 5 heteroatoms. The molecule has 1 unspecified atom stereocenters. The van der Waals surface area contributed by atoms with Crippen molar-refractivity contribution < 1.29 is 14.6 Å². The number of hydrogen-bond acceptors (Lipinski definition) is 4. The molecular weight excluding hydrogens is 220 g/mol. The number of aliphatic carboxylic acids is 1. The van der Waals surface area contributed by atoms with E-state index in [1.54, 1.807) is 19.1 Å². The Morgan fingerprint density at radius 1 is 1.53 bits per heavy atom. The second kappa shape index (κ2) is 6.51. The van der Waals surface area contributed by atoms with Gasteiger partial charge >= 0.3 is 5.97 Å². The lowest BCUT2D eigenvalue weighted by molar-refractivity contribution is -0.139. The smallest absolute Gasteiger partial charge is 0.320 e. The Hall–Kier alpha value is -2.06. The molecule has 2 N–H and O–H groups in total. The Kier molecular flexibility index (Phi) is 4.98. The summed E-state index contributed by atoms with van der Waals surface area (Å²) in [5.41, 5.74) is 0.961. The van der Waals surface area contributed by atoms with E-state index in [4.69, 9.17) is 15.1 Å². The van der Waals surface area contributed by atoms with Crippen molar-refractivity contribution in [2.45, 2.75) is 19.5 Å². The fraction of sp³-hybridized carbons (Fsp3) is 0.333. The topological polar surface area (TPSA) is 82.3 Å². The van der Waals surface area contributed by atoms with E-state index in [2.05, 4.69) is 5.32 Å². The standard InChI is InChI=1S/C12H14N2O3/c1-9(12(15)16)14-8-10-2-4-11(5-3-10)17-7-6-13/h2-5,9,14H,7-8H2,1H3,(H,15,16). The number of carboxylic acid groups (broad SMARTS) is 1. The van der Waals surface area contributed by atoms with Gasteiger partial charge in [0, 0.05) is 6.54 Å². The molecule has 0 aliphatic carbocycles. The molecule has 0 heterocycles. The minimum absolute atomic E-state index is 0.0215. The van der Waals surface area contributed by atoms with Crippen LogP contribution in [0.2, 0.25) is 0 Å². The number of hydrogen-bond donors (Lipinski definition) is 2. The molecule has 0 amide bonds. The van der Waals surface area contributed by atoms with Crippen LogP contribution in [0.5, 0.6) is 5.75 Å². The highest BCUT2D eigenvalue weighted by atomic mass is 16.5. The summed E-state index contributed by atoms with van der Waals surface area (Å²) >= 11 is 0. The molecule has 1 atom stereocenters. The Balaban J connectivity index is 2.46. The van der Waals surface area contributed by atoms with Gasteiger partial charge in [-0.15, -0.1) is 0 Å². The molecule has 1 aromatic carbocycles. The summed E-state index contributed by atoms with van der Waals surface area (Å²) in [6, 6.07) is 8.46. The minimum Gasteiger partial charge on any atom is -0.480 e. The normalized spacial score (nSPS) is 11.5. The Labute approximate surface area is 99.6 Å². The summed E-state index contributed by atoms with van der Waals surface area (Å²) in [5, 5.41) is 19.9. The van der Waals surface area contributed by atoms with Crippen molar-refractivity contribution in [1.29, 1.82) is 5.26 Å². The molecule has 5 nitrogen and oxygen atoms in total. The van der Waals surface area contributed by atoms with E-state index >= 15 is 0 Å². The average molecular weight is 234 g/mol. The van der Waals surface area contributed by atoms with Gasteiger partial charge in [0.15, 0.2) is 6.61 Å².